The van der Waals surface area contributed by atoms with Crippen molar-refractivity contribution in [3.05, 3.63) is 131 Å². The summed E-state index contributed by atoms with van der Waals surface area (Å²) in [4.78, 5) is 29.4. The third-order valence-electron chi connectivity index (χ3n) is 9.18. The number of ether oxygens (including phenoxy) is 10. The van der Waals surface area contributed by atoms with Gasteiger partial charge in [0.2, 0.25) is 12.2 Å². The van der Waals surface area contributed by atoms with Crippen LogP contribution in [-0.4, -0.2) is 103 Å². The molecule has 3 aromatic rings. The van der Waals surface area contributed by atoms with Gasteiger partial charge in [0.15, 0.2) is 18.5 Å². The number of hydrogen-bond acceptors (Lipinski definition) is 14. The maximum Gasteiger partial charge on any atom is 0.337 e. The minimum atomic E-state index is -2.33. The van der Waals surface area contributed by atoms with Crippen LogP contribution in [0.1, 0.15) is 23.6 Å². The van der Waals surface area contributed by atoms with Crippen molar-refractivity contribution in [3.8, 4) is 0 Å². The van der Waals surface area contributed by atoms with Gasteiger partial charge in [0.25, 0.3) is 3.79 Å². The van der Waals surface area contributed by atoms with E-state index < -0.39 is 83.0 Å². The quantitative estimate of drug-likeness (QED) is 0.0191. The second-order valence-corrected chi connectivity index (χ2v) is 15.7. The van der Waals surface area contributed by atoms with Gasteiger partial charge in [-0.2, -0.15) is 0 Å². The van der Waals surface area contributed by atoms with E-state index >= 15 is 0 Å². The van der Waals surface area contributed by atoms with E-state index in [1.807, 2.05) is 91.0 Å². The van der Waals surface area contributed by atoms with Crippen LogP contribution < -0.4 is 0 Å². The Bertz CT molecular complexity index is 1890. The van der Waals surface area contributed by atoms with Crippen LogP contribution in [0.2, 0.25) is 0 Å². The van der Waals surface area contributed by atoms with Crippen molar-refractivity contribution in [1.29, 1.82) is 5.41 Å². The summed E-state index contributed by atoms with van der Waals surface area (Å²) in [5, 5.41) is 12.3. The minimum absolute atomic E-state index is 0.00369. The SMILES string of the molecule is C=CCO[C@H]1[C@H](OCc2ccccc2)[C@@H](OC(C)=O)[C@H](O[C@H]2[C@H](OCc3ccccc3)[C@@H](N=[N+]=[N-])[C@H](OC(=N)C(Cl)(Cl)Cl)O[C@@H]2COCc2ccccc2)O[C@H]1C(=O)OC. The molecule has 60 heavy (non-hydrogen) atoms. The van der Waals surface area contributed by atoms with Crippen LogP contribution in [-0.2, 0) is 76.8 Å². The Morgan fingerprint density at radius 1 is 0.800 bits per heavy atom. The third kappa shape index (κ3) is 13.1. The Labute approximate surface area is 361 Å². The summed E-state index contributed by atoms with van der Waals surface area (Å²) in [7, 11) is 1.17. The summed E-state index contributed by atoms with van der Waals surface area (Å²) < 4.78 is 59.0. The van der Waals surface area contributed by atoms with Gasteiger partial charge in [-0.3, -0.25) is 10.2 Å². The van der Waals surface area contributed by atoms with Gasteiger partial charge < -0.3 is 47.4 Å². The third-order valence-corrected chi connectivity index (χ3v) is 9.70. The van der Waals surface area contributed by atoms with Crippen LogP contribution in [0.15, 0.2) is 109 Å². The summed E-state index contributed by atoms with van der Waals surface area (Å²) in [5.41, 5.74) is 12.2. The monoisotopic (exact) mass is 890 g/mol. The van der Waals surface area contributed by atoms with Crippen molar-refractivity contribution in [2.24, 2.45) is 5.11 Å². The Balaban J connectivity index is 1.60. The summed E-state index contributed by atoms with van der Waals surface area (Å²) in [6, 6.07) is 26.1. The molecule has 0 amide bonds. The van der Waals surface area contributed by atoms with Crippen molar-refractivity contribution in [2.75, 3.05) is 20.3 Å². The molecule has 16 nitrogen and oxygen atoms in total. The number of hydrogen-bond donors (Lipinski definition) is 1. The molecule has 2 aliphatic heterocycles. The number of azide groups is 1. The van der Waals surface area contributed by atoms with Gasteiger partial charge in [0, 0.05) is 11.8 Å². The van der Waals surface area contributed by atoms with Gasteiger partial charge in [-0.05, 0) is 22.2 Å². The first-order chi connectivity index (χ1) is 28.9. The zero-order chi connectivity index (χ0) is 43.1. The molecule has 2 saturated heterocycles. The lowest BCUT2D eigenvalue weighted by Crippen LogP contribution is -2.66. The number of nitrogens with one attached hydrogen (secondary N) is 1. The van der Waals surface area contributed by atoms with Crippen molar-refractivity contribution < 1.29 is 57.0 Å². The molecule has 2 aliphatic rings. The molecular formula is C41H45Cl3N4O12. The van der Waals surface area contributed by atoms with E-state index in [9.17, 15) is 15.1 Å². The second kappa shape index (κ2) is 23.1. The van der Waals surface area contributed by atoms with Crippen molar-refractivity contribution in [1.82, 2.24) is 0 Å². The molecule has 0 spiro atoms. The molecule has 0 unspecified atom stereocenters. The highest BCUT2D eigenvalue weighted by atomic mass is 35.6. The predicted molar refractivity (Wildman–Crippen MR) is 218 cm³/mol. The maximum absolute atomic E-state index is 13.5. The van der Waals surface area contributed by atoms with Crippen LogP contribution in [0.4, 0.5) is 0 Å². The number of benzene rings is 3. The lowest BCUT2D eigenvalue weighted by molar-refractivity contribution is -0.349. The van der Waals surface area contributed by atoms with Crippen LogP contribution in [0.3, 0.4) is 0 Å². The molecule has 0 saturated carbocycles. The topological polar surface area (TPSA) is 199 Å². The normalized spacial score (nSPS) is 26.6. The standard InChI is InChI=1S/C41H45Cl3N4O12/c1-4-20-53-33-34(55-23-28-18-12-7-13-19-28)36(56-25(2)49)39(59-35(33)37(50)51-3)58-31-29(24-52-21-26-14-8-5-9-15-26)57-38(60-40(45)41(42,43)44)30(47-48-46)32(31)54-22-27-16-10-6-11-17-27/h4-19,29-36,38-39,45H,1,20-24H2,2-3H3/t29-,30-,31-,32-,33+,34+,35-,36-,38+,39-/m1/s1. The Kier molecular flexibility index (Phi) is 18.0. The lowest BCUT2D eigenvalue weighted by atomic mass is 9.95. The fourth-order valence-electron chi connectivity index (χ4n) is 6.49. The number of esters is 2. The van der Waals surface area contributed by atoms with Gasteiger partial charge in [0.1, 0.15) is 36.6 Å². The molecule has 0 radical (unpaired) electrons. The molecular weight excluding hydrogens is 847 g/mol. The van der Waals surface area contributed by atoms with E-state index in [-0.39, 0.29) is 33.0 Å². The maximum atomic E-state index is 13.5. The number of halogens is 3. The van der Waals surface area contributed by atoms with E-state index in [4.69, 9.17) is 87.6 Å². The smallest absolute Gasteiger partial charge is 0.337 e. The predicted octanol–water partition coefficient (Wildman–Crippen LogP) is 6.93. The Morgan fingerprint density at radius 3 is 1.88 bits per heavy atom. The number of alkyl halides is 3. The summed E-state index contributed by atoms with van der Waals surface area (Å²) in [6.07, 6.45) is -10.9. The first kappa shape index (κ1) is 46.8. The number of nitrogens with zero attached hydrogens (tertiary/aromatic N) is 3. The zero-order valence-electron chi connectivity index (χ0n) is 32.6. The fraction of sp³-hybridized carbons (Fsp3) is 0.439. The van der Waals surface area contributed by atoms with E-state index in [2.05, 4.69) is 16.6 Å². The van der Waals surface area contributed by atoms with Crippen molar-refractivity contribution in [3.63, 3.8) is 0 Å². The largest absolute Gasteiger partial charge is 0.467 e. The van der Waals surface area contributed by atoms with Crippen LogP contribution in [0.25, 0.3) is 10.4 Å². The van der Waals surface area contributed by atoms with Gasteiger partial charge in [-0.15, -0.1) is 6.58 Å². The van der Waals surface area contributed by atoms with Gasteiger partial charge >= 0.3 is 11.9 Å². The van der Waals surface area contributed by atoms with Crippen molar-refractivity contribution >= 4 is 52.6 Å². The molecule has 0 aromatic heterocycles. The Hall–Kier alpha value is -4.29. The van der Waals surface area contributed by atoms with E-state index in [0.29, 0.717) is 0 Å². The highest BCUT2D eigenvalue weighted by Gasteiger charge is 2.57. The number of methoxy groups -OCH3 is 1. The van der Waals surface area contributed by atoms with Crippen molar-refractivity contribution in [2.45, 2.75) is 91.9 Å². The first-order valence-electron chi connectivity index (χ1n) is 18.7. The molecule has 322 valence electrons. The van der Waals surface area contributed by atoms with E-state index in [0.717, 1.165) is 16.7 Å². The molecule has 3 aromatic carbocycles. The van der Waals surface area contributed by atoms with E-state index in [1.165, 1.54) is 20.1 Å². The van der Waals surface area contributed by atoms with E-state index in [1.54, 1.807) is 0 Å². The average Bonchev–Trinajstić information content (AvgIpc) is 3.24. The molecule has 5 rings (SSSR count). The van der Waals surface area contributed by atoms with Crippen LogP contribution in [0.5, 0.6) is 0 Å². The summed E-state index contributed by atoms with van der Waals surface area (Å²) >= 11 is 18.0. The van der Waals surface area contributed by atoms with Crippen LogP contribution >= 0.6 is 34.8 Å². The molecule has 10 atom stereocenters. The van der Waals surface area contributed by atoms with Gasteiger partial charge in [-0.25, -0.2) is 4.79 Å². The molecule has 1 N–H and O–H groups in total. The van der Waals surface area contributed by atoms with Gasteiger partial charge in [-0.1, -0.05) is 137 Å². The second-order valence-electron chi connectivity index (χ2n) is 13.4. The Morgan fingerprint density at radius 2 is 1.37 bits per heavy atom. The highest BCUT2D eigenvalue weighted by molar-refractivity contribution is 6.76. The number of rotatable bonds is 19. The van der Waals surface area contributed by atoms with Gasteiger partial charge in [0.05, 0.1) is 40.1 Å². The minimum Gasteiger partial charge on any atom is -0.467 e. The number of carbonyl (C=O) groups excluding carboxylic acids is 2. The number of carbonyl (C=O) groups is 2. The molecule has 2 fully saturated rings. The average molecular weight is 892 g/mol. The molecule has 19 heteroatoms. The first-order valence-corrected chi connectivity index (χ1v) is 19.8. The highest BCUT2D eigenvalue weighted by Crippen LogP contribution is 2.37. The molecule has 0 bridgehead atoms. The lowest BCUT2D eigenvalue weighted by Gasteiger charge is -2.49. The van der Waals surface area contributed by atoms with Crippen LogP contribution in [0, 0.1) is 5.41 Å². The summed E-state index contributed by atoms with van der Waals surface area (Å²) in [5.74, 6) is -2.43. The fourth-order valence-corrected chi connectivity index (χ4v) is 6.63. The zero-order valence-corrected chi connectivity index (χ0v) is 34.9. The summed E-state index contributed by atoms with van der Waals surface area (Å²) in [6.45, 7) is 4.70. The molecule has 0 aliphatic carbocycles. The molecule has 2 heterocycles.